The van der Waals surface area contributed by atoms with Crippen LogP contribution in [0.1, 0.15) is 17.5 Å². The van der Waals surface area contributed by atoms with Crippen molar-refractivity contribution in [2.24, 2.45) is 0 Å². The molecule has 3 aromatic rings. The lowest BCUT2D eigenvalue weighted by atomic mass is 10.1. The van der Waals surface area contributed by atoms with Crippen molar-refractivity contribution in [3.05, 3.63) is 72.1 Å². The molecule has 0 saturated carbocycles. The number of likely N-dealkylation sites (tertiary alicyclic amines) is 1. The number of aryl methyl sites for hydroxylation is 1. The van der Waals surface area contributed by atoms with Crippen LogP contribution in [-0.2, 0) is 16.1 Å². The van der Waals surface area contributed by atoms with Gasteiger partial charge in [0.1, 0.15) is 0 Å². The molecular formula is C23H24N4O2. The van der Waals surface area contributed by atoms with Gasteiger partial charge in [0, 0.05) is 42.6 Å². The summed E-state index contributed by atoms with van der Waals surface area (Å²) in [4.78, 5) is 31.2. The molecule has 2 heterocycles. The van der Waals surface area contributed by atoms with Crippen molar-refractivity contribution in [1.82, 2.24) is 15.2 Å². The average molecular weight is 388 g/mol. The number of nitrogens with one attached hydrogen (secondary N) is 2. The third-order valence-corrected chi connectivity index (χ3v) is 5.26. The Morgan fingerprint density at radius 2 is 1.86 bits per heavy atom. The maximum Gasteiger partial charge on any atom is 0.313 e. The van der Waals surface area contributed by atoms with Crippen LogP contribution < -0.4 is 10.6 Å². The maximum absolute atomic E-state index is 12.4. The molecule has 1 fully saturated rings. The van der Waals surface area contributed by atoms with E-state index in [1.54, 1.807) is 12.4 Å². The molecular weight excluding hydrogens is 364 g/mol. The van der Waals surface area contributed by atoms with Gasteiger partial charge >= 0.3 is 11.8 Å². The van der Waals surface area contributed by atoms with E-state index in [9.17, 15) is 9.59 Å². The fourth-order valence-electron chi connectivity index (χ4n) is 3.69. The zero-order valence-corrected chi connectivity index (χ0v) is 16.4. The topological polar surface area (TPSA) is 74.3 Å². The van der Waals surface area contributed by atoms with Gasteiger partial charge in [-0.15, -0.1) is 0 Å². The van der Waals surface area contributed by atoms with Crippen LogP contribution in [0, 0.1) is 6.92 Å². The van der Waals surface area contributed by atoms with Gasteiger partial charge in [-0.2, -0.15) is 0 Å². The Kier molecular flexibility index (Phi) is 5.53. The van der Waals surface area contributed by atoms with Crippen molar-refractivity contribution in [3.8, 4) is 0 Å². The number of anilines is 1. The zero-order valence-electron chi connectivity index (χ0n) is 16.4. The number of amides is 2. The molecule has 1 aliphatic heterocycles. The van der Waals surface area contributed by atoms with E-state index in [0.29, 0.717) is 5.69 Å². The predicted octanol–water partition coefficient (Wildman–Crippen LogP) is 2.87. The highest BCUT2D eigenvalue weighted by atomic mass is 16.2. The molecule has 0 aliphatic carbocycles. The van der Waals surface area contributed by atoms with E-state index in [2.05, 4.69) is 51.7 Å². The lowest BCUT2D eigenvalue weighted by Gasteiger charge is -2.17. The molecule has 2 aromatic carbocycles. The molecule has 2 N–H and O–H groups in total. The van der Waals surface area contributed by atoms with Gasteiger partial charge in [-0.25, -0.2) is 0 Å². The Balaban J connectivity index is 1.32. The van der Waals surface area contributed by atoms with E-state index in [1.807, 2.05) is 24.3 Å². The molecule has 148 valence electrons. The van der Waals surface area contributed by atoms with E-state index < -0.39 is 11.8 Å². The smallest absolute Gasteiger partial charge is 0.313 e. The summed E-state index contributed by atoms with van der Waals surface area (Å²) in [5.41, 5.74) is 3.03. The molecule has 29 heavy (non-hydrogen) atoms. The van der Waals surface area contributed by atoms with Gasteiger partial charge in [0.15, 0.2) is 0 Å². The predicted molar refractivity (Wildman–Crippen MR) is 113 cm³/mol. The van der Waals surface area contributed by atoms with E-state index in [-0.39, 0.29) is 6.04 Å². The third kappa shape index (κ3) is 4.60. The molecule has 2 amide bonds. The van der Waals surface area contributed by atoms with Gasteiger partial charge in [0.25, 0.3) is 0 Å². The van der Waals surface area contributed by atoms with E-state index in [1.165, 1.54) is 11.1 Å². The molecule has 1 aliphatic rings. The molecule has 0 bridgehead atoms. The van der Waals surface area contributed by atoms with E-state index in [0.717, 1.165) is 36.8 Å². The molecule has 4 rings (SSSR count). The second-order valence-corrected chi connectivity index (χ2v) is 7.54. The van der Waals surface area contributed by atoms with Crippen LogP contribution in [0.15, 0.2) is 60.9 Å². The summed E-state index contributed by atoms with van der Waals surface area (Å²) in [6.07, 6.45) is 4.12. The summed E-state index contributed by atoms with van der Waals surface area (Å²) >= 11 is 0. The Morgan fingerprint density at radius 3 is 2.69 bits per heavy atom. The second kappa shape index (κ2) is 8.41. The van der Waals surface area contributed by atoms with Crippen LogP contribution in [-0.4, -0.2) is 40.8 Å². The summed E-state index contributed by atoms with van der Waals surface area (Å²) in [5, 5.41) is 7.31. The largest absolute Gasteiger partial charge is 0.344 e. The van der Waals surface area contributed by atoms with Crippen molar-refractivity contribution >= 4 is 28.3 Å². The number of nitrogens with zero attached hydrogens (tertiary/aromatic N) is 2. The lowest BCUT2D eigenvalue weighted by molar-refractivity contribution is -0.136. The van der Waals surface area contributed by atoms with Crippen molar-refractivity contribution in [1.29, 1.82) is 0 Å². The first-order valence-electron chi connectivity index (χ1n) is 9.81. The molecule has 0 spiro atoms. The monoisotopic (exact) mass is 388 g/mol. The number of carbonyl (C=O) groups is 2. The minimum absolute atomic E-state index is 0.0238. The molecule has 1 saturated heterocycles. The fraction of sp³-hybridized carbons (Fsp3) is 0.261. The normalized spacial score (nSPS) is 16.7. The quantitative estimate of drug-likeness (QED) is 0.674. The van der Waals surface area contributed by atoms with Crippen molar-refractivity contribution in [3.63, 3.8) is 0 Å². The zero-order chi connectivity index (χ0) is 20.2. The summed E-state index contributed by atoms with van der Waals surface area (Å²) in [6.45, 7) is 4.56. The molecule has 1 aromatic heterocycles. The van der Waals surface area contributed by atoms with Gasteiger partial charge in [0.2, 0.25) is 0 Å². The van der Waals surface area contributed by atoms with Crippen LogP contribution in [0.2, 0.25) is 0 Å². The first-order valence-corrected chi connectivity index (χ1v) is 9.81. The van der Waals surface area contributed by atoms with Gasteiger partial charge < -0.3 is 10.6 Å². The molecule has 1 unspecified atom stereocenters. The molecule has 0 radical (unpaired) electrons. The maximum atomic E-state index is 12.4. The van der Waals surface area contributed by atoms with Gasteiger partial charge in [-0.1, -0.05) is 54.1 Å². The average Bonchev–Trinajstić information content (AvgIpc) is 3.16. The van der Waals surface area contributed by atoms with Gasteiger partial charge in [-0.05, 0) is 18.9 Å². The number of aromatic nitrogens is 1. The van der Waals surface area contributed by atoms with Crippen LogP contribution in [0.25, 0.3) is 10.8 Å². The minimum Gasteiger partial charge on any atom is -0.344 e. The van der Waals surface area contributed by atoms with Gasteiger partial charge in [0.05, 0.1) is 11.9 Å². The third-order valence-electron chi connectivity index (χ3n) is 5.26. The number of benzene rings is 2. The fourth-order valence-corrected chi connectivity index (χ4v) is 3.69. The van der Waals surface area contributed by atoms with Crippen LogP contribution in [0.3, 0.4) is 0 Å². The first kappa shape index (κ1) is 19.1. The number of rotatable bonds is 4. The summed E-state index contributed by atoms with van der Waals surface area (Å²) < 4.78 is 0. The van der Waals surface area contributed by atoms with Crippen LogP contribution in [0.4, 0.5) is 5.69 Å². The first-order chi connectivity index (χ1) is 14.1. The summed E-state index contributed by atoms with van der Waals surface area (Å²) in [6, 6.07) is 16.1. The number of carbonyl (C=O) groups excluding carboxylic acids is 2. The Bertz CT molecular complexity index is 1030. The lowest BCUT2D eigenvalue weighted by Crippen LogP contribution is -2.43. The van der Waals surface area contributed by atoms with Crippen LogP contribution in [0.5, 0.6) is 0 Å². The SMILES string of the molecule is Cc1ccc(CN2CCC(NC(=O)C(=O)Nc3cncc4ccccc34)C2)cc1. The van der Waals surface area contributed by atoms with Crippen molar-refractivity contribution in [2.45, 2.75) is 25.9 Å². The van der Waals surface area contributed by atoms with Gasteiger partial charge in [-0.3, -0.25) is 19.5 Å². The highest BCUT2D eigenvalue weighted by Crippen LogP contribution is 2.21. The number of hydrogen-bond acceptors (Lipinski definition) is 4. The van der Waals surface area contributed by atoms with E-state index >= 15 is 0 Å². The minimum atomic E-state index is -0.667. The Hall–Kier alpha value is -3.25. The highest BCUT2D eigenvalue weighted by Gasteiger charge is 2.26. The number of fused-ring (bicyclic) bond motifs is 1. The summed E-state index contributed by atoms with van der Waals surface area (Å²) in [5.74, 6) is -1.28. The molecule has 1 atom stereocenters. The number of pyridine rings is 1. The Labute approximate surface area is 169 Å². The van der Waals surface area contributed by atoms with Crippen LogP contribution >= 0.6 is 0 Å². The molecule has 6 nitrogen and oxygen atoms in total. The second-order valence-electron chi connectivity index (χ2n) is 7.54. The Morgan fingerprint density at radius 1 is 1.07 bits per heavy atom. The van der Waals surface area contributed by atoms with Crippen molar-refractivity contribution < 1.29 is 9.59 Å². The summed E-state index contributed by atoms with van der Waals surface area (Å²) in [7, 11) is 0. The highest BCUT2D eigenvalue weighted by molar-refractivity contribution is 6.40. The standard InChI is InChI=1S/C23H24N4O2/c1-16-6-8-17(9-7-16)14-27-11-10-19(15-27)25-22(28)23(29)26-21-13-24-12-18-4-2-3-5-20(18)21/h2-9,12-13,19H,10-11,14-15H2,1H3,(H,25,28)(H,26,29). The number of hydrogen-bond donors (Lipinski definition) is 2. The van der Waals surface area contributed by atoms with E-state index in [4.69, 9.17) is 0 Å². The molecule has 6 heteroatoms. The van der Waals surface area contributed by atoms with Crippen molar-refractivity contribution in [2.75, 3.05) is 18.4 Å².